The SMILES string of the molecule is CCC(O)(CC)CNC(=O)CCc1ccc(C)cc1. The molecule has 3 nitrogen and oxygen atoms in total. The lowest BCUT2D eigenvalue weighted by atomic mass is 9.97. The Morgan fingerprint density at radius 3 is 2.32 bits per heavy atom. The summed E-state index contributed by atoms with van der Waals surface area (Å²) in [7, 11) is 0. The highest BCUT2D eigenvalue weighted by atomic mass is 16.3. The van der Waals surface area contributed by atoms with Gasteiger partial charge in [-0.15, -0.1) is 0 Å². The minimum atomic E-state index is -0.764. The van der Waals surface area contributed by atoms with Gasteiger partial charge in [0.2, 0.25) is 5.91 Å². The minimum Gasteiger partial charge on any atom is -0.388 e. The fraction of sp³-hybridized carbons (Fsp3) is 0.562. The number of aliphatic hydroxyl groups is 1. The number of nitrogens with one attached hydrogen (secondary N) is 1. The molecule has 0 fully saturated rings. The van der Waals surface area contributed by atoms with Crippen LogP contribution < -0.4 is 5.32 Å². The van der Waals surface area contributed by atoms with Crippen LogP contribution in [0.4, 0.5) is 0 Å². The predicted octanol–water partition coefficient (Wildman–Crippen LogP) is 2.59. The van der Waals surface area contributed by atoms with Gasteiger partial charge < -0.3 is 10.4 Å². The van der Waals surface area contributed by atoms with Crippen LogP contribution in [0.25, 0.3) is 0 Å². The van der Waals surface area contributed by atoms with E-state index in [2.05, 4.69) is 29.6 Å². The zero-order valence-corrected chi connectivity index (χ0v) is 12.2. The second kappa shape index (κ2) is 7.29. The van der Waals surface area contributed by atoms with Crippen LogP contribution in [0, 0.1) is 6.92 Å². The first-order valence-corrected chi connectivity index (χ1v) is 7.03. The molecule has 3 heteroatoms. The lowest BCUT2D eigenvalue weighted by molar-refractivity contribution is -0.122. The van der Waals surface area contributed by atoms with Gasteiger partial charge in [0.15, 0.2) is 0 Å². The first kappa shape index (κ1) is 15.7. The normalized spacial score (nSPS) is 11.4. The molecule has 1 amide bonds. The van der Waals surface area contributed by atoms with E-state index in [1.54, 1.807) is 0 Å². The average Bonchev–Trinajstić information content (AvgIpc) is 2.44. The van der Waals surface area contributed by atoms with Crippen LogP contribution in [0.15, 0.2) is 24.3 Å². The third-order valence-electron chi connectivity index (χ3n) is 3.69. The smallest absolute Gasteiger partial charge is 0.220 e. The number of amides is 1. The predicted molar refractivity (Wildman–Crippen MR) is 78.0 cm³/mol. The van der Waals surface area contributed by atoms with Crippen LogP contribution in [0.5, 0.6) is 0 Å². The Labute approximate surface area is 116 Å². The molecule has 2 N–H and O–H groups in total. The number of carbonyl (C=O) groups is 1. The largest absolute Gasteiger partial charge is 0.388 e. The van der Waals surface area contributed by atoms with Gasteiger partial charge in [0.25, 0.3) is 0 Å². The van der Waals surface area contributed by atoms with Gasteiger partial charge in [-0.25, -0.2) is 0 Å². The maximum absolute atomic E-state index is 11.7. The van der Waals surface area contributed by atoms with E-state index >= 15 is 0 Å². The second-order valence-corrected chi connectivity index (χ2v) is 5.19. The number of rotatable bonds is 7. The Morgan fingerprint density at radius 2 is 1.79 bits per heavy atom. The molecule has 0 atom stereocenters. The summed E-state index contributed by atoms with van der Waals surface area (Å²) in [4.78, 5) is 11.7. The van der Waals surface area contributed by atoms with Crippen molar-refractivity contribution in [1.29, 1.82) is 0 Å². The summed E-state index contributed by atoms with van der Waals surface area (Å²) in [6.07, 6.45) is 2.51. The summed E-state index contributed by atoms with van der Waals surface area (Å²) >= 11 is 0. The molecule has 0 aromatic heterocycles. The number of aryl methyl sites for hydroxylation is 2. The van der Waals surface area contributed by atoms with Gasteiger partial charge in [-0.1, -0.05) is 43.7 Å². The first-order valence-electron chi connectivity index (χ1n) is 7.03. The second-order valence-electron chi connectivity index (χ2n) is 5.19. The number of hydrogen-bond acceptors (Lipinski definition) is 2. The molecule has 1 rings (SSSR count). The van der Waals surface area contributed by atoms with Crippen molar-refractivity contribution in [2.45, 2.75) is 52.1 Å². The van der Waals surface area contributed by atoms with Gasteiger partial charge >= 0.3 is 0 Å². The summed E-state index contributed by atoms with van der Waals surface area (Å²) in [5.74, 6) is 0.000833. The number of benzene rings is 1. The maximum Gasteiger partial charge on any atom is 0.220 e. The van der Waals surface area contributed by atoms with Crippen molar-refractivity contribution in [2.75, 3.05) is 6.54 Å². The molecule has 19 heavy (non-hydrogen) atoms. The van der Waals surface area contributed by atoms with Crippen LogP contribution in [0.3, 0.4) is 0 Å². The van der Waals surface area contributed by atoms with E-state index in [9.17, 15) is 9.90 Å². The summed E-state index contributed by atoms with van der Waals surface area (Å²) in [5.41, 5.74) is 1.63. The molecule has 0 aliphatic carbocycles. The highest BCUT2D eigenvalue weighted by Crippen LogP contribution is 2.13. The van der Waals surface area contributed by atoms with Gasteiger partial charge in [-0.05, 0) is 31.7 Å². The maximum atomic E-state index is 11.7. The molecule has 0 aliphatic rings. The average molecular weight is 263 g/mol. The molecular formula is C16H25NO2. The summed E-state index contributed by atoms with van der Waals surface area (Å²) < 4.78 is 0. The van der Waals surface area contributed by atoms with Gasteiger partial charge in [0, 0.05) is 13.0 Å². The zero-order chi connectivity index (χ0) is 14.3. The van der Waals surface area contributed by atoms with E-state index in [0.717, 1.165) is 6.42 Å². The topological polar surface area (TPSA) is 49.3 Å². The lowest BCUT2D eigenvalue weighted by Gasteiger charge is -2.25. The molecule has 0 saturated heterocycles. The fourth-order valence-electron chi connectivity index (χ4n) is 1.86. The van der Waals surface area contributed by atoms with Crippen LogP contribution in [0.1, 0.15) is 44.2 Å². The van der Waals surface area contributed by atoms with E-state index in [1.165, 1.54) is 11.1 Å². The zero-order valence-electron chi connectivity index (χ0n) is 12.2. The lowest BCUT2D eigenvalue weighted by Crippen LogP contribution is -2.42. The van der Waals surface area contributed by atoms with Gasteiger partial charge in [0.1, 0.15) is 0 Å². The van der Waals surface area contributed by atoms with Crippen LogP contribution >= 0.6 is 0 Å². The molecule has 0 aliphatic heterocycles. The van der Waals surface area contributed by atoms with Crippen molar-refractivity contribution in [3.8, 4) is 0 Å². The molecule has 0 heterocycles. The summed E-state index contributed by atoms with van der Waals surface area (Å²) in [6.45, 7) is 6.25. The highest BCUT2D eigenvalue weighted by Gasteiger charge is 2.22. The van der Waals surface area contributed by atoms with Gasteiger partial charge in [-0.3, -0.25) is 4.79 Å². The molecule has 1 aromatic rings. The molecule has 0 saturated carbocycles. The molecule has 0 bridgehead atoms. The Kier molecular flexibility index (Phi) is 6.03. The van der Waals surface area contributed by atoms with E-state index in [0.29, 0.717) is 25.8 Å². The Bertz CT molecular complexity index is 394. The van der Waals surface area contributed by atoms with Gasteiger partial charge in [0.05, 0.1) is 5.60 Å². The quantitative estimate of drug-likeness (QED) is 0.794. The molecular weight excluding hydrogens is 238 g/mol. The van der Waals surface area contributed by atoms with E-state index in [1.807, 2.05) is 20.8 Å². The van der Waals surface area contributed by atoms with Crippen molar-refractivity contribution >= 4 is 5.91 Å². The Hall–Kier alpha value is -1.35. The fourth-order valence-corrected chi connectivity index (χ4v) is 1.86. The van der Waals surface area contributed by atoms with Crippen molar-refractivity contribution in [1.82, 2.24) is 5.32 Å². The first-order chi connectivity index (χ1) is 8.99. The van der Waals surface area contributed by atoms with Crippen molar-refractivity contribution in [3.05, 3.63) is 35.4 Å². The van der Waals surface area contributed by atoms with Crippen LogP contribution in [-0.4, -0.2) is 23.2 Å². The molecule has 106 valence electrons. The minimum absolute atomic E-state index is 0.000833. The molecule has 0 unspecified atom stereocenters. The third-order valence-corrected chi connectivity index (χ3v) is 3.69. The van der Waals surface area contributed by atoms with Crippen LogP contribution in [-0.2, 0) is 11.2 Å². The van der Waals surface area contributed by atoms with Crippen LogP contribution in [0.2, 0.25) is 0 Å². The van der Waals surface area contributed by atoms with E-state index in [4.69, 9.17) is 0 Å². The van der Waals surface area contributed by atoms with Gasteiger partial charge in [-0.2, -0.15) is 0 Å². The number of hydrogen-bond donors (Lipinski definition) is 2. The van der Waals surface area contributed by atoms with E-state index < -0.39 is 5.60 Å². The van der Waals surface area contributed by atoms with Crippen molar-refractivity contribution in [3.63, 3.8) is 0 Å². The third kappa shape index (κ3) is 5.43. The van der Waals surface area contributed by atoms with E-state index in [-0.39, 0.29) is 5.91 Å². The monoisotopic (exact) mass is 263 g/mol. The molecule has 0 radical (unpaired) electrons. The Morgan fingerprint density at radius 1 is 1.21 bits per heavy atom. The van der Waals surface area contributed by atoms with Crippen molar-refractivity contribution < 1.29 is 9.90 Å². The molecule has 1 aromatic carbocycles. The Balaban J connectivity index is 2.34. The van der Waals surface area contributed by atoms with Crippen molar-refractivity contribution in [2.24, 2.45) is 0 Å². The number of carbonyl (C=O) groups excluding carboxylic acids is 1. The highest BCUT2D eigenvalue weighted by molar-refractivity contribution is 5.76. The summed E-state index contributed by atoms with van der Waals surface area (Å²) in [6, 6.07) is 8.22. The molecule has 0 spiro atoms. The summed E-state index contributed by atoms with van der Waals surface area (Å²) in [5, 5.41) is 12.9. The standard InChI is InChI=1S/C16H25NO2/c1-4-16(19,5-2)12-17-15(18)11-10-14-8-6-13(3)7-9-14/h6-9,19H,4-5,10-12H2,1-3H3,(H,17,18).